The Kier molecular flexibility index (Phi) is 15.2. The molecule has 0 radical (unpaired) electrons. The van der Waals surface area contributed by atoms with Gasteiger partial charge in [-0.15, -0.1) is 0 Å². The van der Waals surface area contributed by atoms with Gasteiger partial charge in [0.1, 0.15) is 25.3 Å². The number of aliphatic hydroxyl groups excluding tert-OH is 2. The number of aryl methyl sites for hydroxylation is 4. The summed E-state index contributed by atoms with van der Waals surface area (Å²) >= 11 is 0. The Morgan fingerprint density at radius 2 is 1.00 bits per heavy atom. The lowest BCUT2D eigenvalue weighted by Gasteiger charge is -2.14. The van der Waals surface area contributed by atoms with Crippen LogP contribution in [-0.2, 0) is 10.4 Å². The molecule has 0 saturated carbocycles. The number of benzene rings is 2. The normalized spacial score (nSPS) is 13.0. The van der Waals surface area contributed by atoms with E-state index in [0.29, 0.717) is 12.1 Å². The standard InChI is InChI=1S/2C13H21NO.H2O4S/c2*1-9(2)14-8-13(15)12-7-10(3)5-6-11(12)4;1-5(2,3)4/h2*5-7,9,13-15H,8H2,1-4H3;(H2,1,2,3,4). The minimum Gasteiger partial charge on any atom is -0.759 e. The Bertz CT molecular complexity index is 920. The molecule has 9 heteroatoms. The van der Waals surface area contributed by atoms with Crippen LogP contribution in [0.5, 0.6) is 0 Å². The van der Waals surface area contributed by atoms with Gasteiger partial charge in [-0.25, -0.2) is 0 Å². The molecule has 0 saturated heterocycles. The van der Waals surface area contributed by atoms with Crippen molar-refractivity contribution in [3.63, 3.8) is 0 Å². The minimum atomic E-state index is -5.17. The van der Waals surface area contributed by atoms with Gasteiger partial charge in [0.2, 0.25) is 0 Å². The lowest BCUT2D eigenvalue weighted by molar-refractivity contribution is -0.689. The molecule has 0 aliphatic carbocycles. The second kappa shape index (κ2) is 16.0. The molecule has 2 atom stereocenters. The molecular weight excluding hydrogens is 468 g/mol. The van der Waals surface area contributed by atoms with Crippen LogP contribution in [0.1, 0.15) is 73.3 Å². The Morgan fingerprint density at radius 1 is 0.714 bits per heavy atom. The highest BCUT2D eigenvalue weighted by atomic mass is 32.3. The monoisotopic (exact) mass is 512 g/mol. The second-order valence-electron chi connectivity index (χ2n) is 9.59. The first-order valence-corrected chi connectivity index (χ1v) is 13.2. The van der Waals surface area contributed by atoms with Crippen molar-refractivity contribution in [2.45, 2.75) is 79.7 Å². The smallest absolute Gasteiger partial charge is 0.128 e. The zero-order chi connectivity index (χ0) is 27.3. The summed E-state index contributed by atoms with van der Waals surface area (Å²) in [4.78, 5) is 0. The van der Waals surface area contributed by atoms with Gasteiger partial charge in [0.15, 0.2) is 0 Å². The first-order chi connectivity index (χ1) is 16.0. The van der Waals surface area contributed by atoms with Crippen molar-refractivity contribution in [2.75, 3.05) is 13.1 Å². The molecule has 0 aromatic heterocycles. The quantitative estimate of drug-likeness (QED) is 0.309. The van der Waals surface area contributed by atoms with E-state index >= 15 is 0 Å². The van der Waals surface area contributed by atoms with Crippen molar-refractivity contribution in [3.8, 4) is 0 Å². The highest BCUT2D eigenvalue weighted by molar-refractivity contribution is 7.79. The van der Waals surface area contributed by atoms with E-state index in [2.05, 4.69) is 88.6 Å². The van der Waals surface area contributed by atoms with Gasteiger partial charge in [-0.05, 0) is 77.6 Å². The van der Waals surface area contributed by atoms with Gasteiger partial charge in [-0.2, -0.15) is 0 Å². The summed E-state index contributed by atoms with van der Waals surface area (Å²) in [5.74, 6) is 0. The lowest BCUT2D eigenvalue weighted by Crippen LogP contribution is -2.89. The van der Waals surface area contributed by atoms with E-state index in [1.807, 2.05) is 13.8 Å². The summed E-state index contributed by atoms with van der Waals surface area (Å²) in [5, 5.41) is 24.4. The van der Waals surface area contributed by atoms with Crippen molar-refractivity contribution < 1.29 is 38.4 Å². The number of hydrogen-bond donors (Lipinski definition) is 4. The molecule has 0 spiro atoms. The fourth-order valence-corrected chi connectivity index (χ4v) is 3.29. The molecule has 2 rings (SSSR count). The second-order valence-corrected chi connectivity index (χ2v) is 10.4. The van der Waals surface area contributed by atoms with E-state index in [1.165, 1.54) is 22.3 Å². The first kappa shape index (κ1) is 33.1. The largest absolute Gasteiger partial charge is 0.759 e. The van der Waals surface area contributed by atoms with Gasteiger partial charge in [-0.1, -0.05) is 47.5 Å². The zero-order valence-corrected chi connectivity index (χ0v) is 23.1. The number of quaternary nitrogens is 2. The molecule has 8 nitrogen and oxygen atoms in total. The fourth-order valence-electron chi connectivity index (χ4n) is 3.29. The van der Waals surface area contributed by atoms with Crippen molar-refractivity contribution in [3.05, 3.63) is 69.8 Å². The van der Waals surface area contributed by atoms with Crippen LogP contribution < -0.4 is 10.6 Å². The van der Waals surface area contributed by atoms with Gasteiger partial charge < -0.3 is 30.0 Å². The minimum absolute atomic E-state index is 0.354. The fraction of sp³-hybridized carbons (Fsp3) is 0.538. The molecule has 2 unspecified atom stereocenters. The van der Waals surface area contributed by atoms with Crippen LogP contribution in [0.25, 0.3) is 0 Å². The number of aliphatic hydroxyl groups is 2. The van der Waals surface area contributed by atoms with E-state index in [1.54, 1.807) is 0 Å². The molecule has 2 aromatic carbocycles. The molecule has 0 aliphatic heterocycles. The number of hydrogen-bond acceptors (Lipinski definition) is 6. The third kappa shape index (κ3) is 16.4. The van der Waals surface area contributed by atoms with E-state index in [9.17, 15) is 10.2 Å². The van der Waals surface area contributed by atoms with Crippen LogP contribution in [0.15, 0.2) is 36.4 Å². The maximum absolute atomic E-state index is 10.0. The average molecular weight is 513 g/mol. The van der Waals surface area contributed by atoms with Crippen LogP contribution in [0.4, 0.5) is 0 Å². The topological polar surface area (TPSA) is 154 Å². The third-order valence-corrected chi connectivity index (χ3v) is 5.25. The van der Waals surface area contributed by atoms with Gasteiger partial charge in [0, 0.05) is 10.4 Å². The van der Waals surface area contributed by atoms with E-state index in [4.69, 9.17) is 17.5 Å². The third-order valence-electron chi connectivity index (χ3n) is 5.25. The molecule has 0 fully saturated rings. The molecule has 200 valence electrons. The highest BCUT2D eigenvalue weighted by Crippen LogP contribution is 2.18. The van der Waals surface area contributed by atoms with Crippen molar-refractivity contribution in [1.82, 2.24) is 0 Å². The van der Waals surface area contributed by atoms with Gasteiger partial charge in [0.05, 0.1) is 12.1 Å². The number of rotatable bonds is 8. The summed E-state index contributed by atoms with van der Waals surface area (Å²) in [6.07, 6.45) is -0.709. The molecular formula is C26H44N2O6S. The summed E-state index contributed by atoms with van der Waals surface area (Å²) < 4.78 is 34.1. The summed E-state index contributed by atoms with van der Waals surface area (Å²) in [5.41, 5.74) is 6.88. The van der Waals surface area contributed by atoms with Crippen LogP contribution in [0.3, 0.4) is 0 Å². The highest BCUT2D eigenvalue weighted by Gasteiger charge is 2.14. The van der Waals surface area contributed by atoms with Crippen LogP contribution in [0, 0.1) is 27.7 Å². The van der Waals surface area contributed by atoms with E-state index in [0.717, 1.165) is 24.2 Å². The van der Waals surface area contributed by atoms with Crippen molar-refractivity contribution in [1.29, 1.82) is 0 Å². The van der Waals surface area contributed by atoms with Gasteiger partial charge in [0.25, 0.3) is 0 Å². The SMILES string of the molecule is Cc1ccc(C)c(C(O)C[NH2+]C(C)C)c1.Cc1ccc(C)c(C(O)C[NH2+]C(C)C)c1.O=S(=O)([O-])[O-]. The Morgan fingerprint density at radius 3 is 1.26 bits per heavy atom. The lowest BCUT2D eigenvalue weighted by atomic mass is 10.0. The summed E-state index contributed by atoms with van der Waals surface area (Å²) in [6.45, 7) is 18.2. The molecule has 0 heterocycles. The van der Waals surface area contributed by atoms with Crippen molar-refractivity contribution >= 4 is 10.4 Å². The number of nitrogens with two attached hydrogens (primary N) is 2. The average Bonchev–Trinajstić information content (AvgIpc) is 2.73. The van der Waals surface area contributed by atoms with Crippen LogP contribution in [-0.4, -0.2) is 52.9 Å². The molecule has 0 amide bonds. The molecule has 35 heavy (non-hydrogen) atoms. The first-order valence-electron chi connectivity index (χ1n) is 11.8. The van der Waals surface area contributed by atoms with Crippen molar-refractivity contribution in [2.24, 2.45) is 0 Å². The maximum atomic E-state index is 10.0. The Labute approximate surface area is 211 Å². The predicted octanol–water partition coefficient (Wildman–Crippen LogP) is 1.28. The van der Waals surface area contributed by atoms with Gasteiger partial charge in [-0.3, -0.25) is 8.42 Å². The summed E-state index contributed by atoms with van der Waals surface area (Å²) in [6, 6.07) is 13.5. The van der Waals surface area contributed by atoms with Crippen LogP contribution in [0.2, 0.25) is 0 Å². The summed E-state index contributed by atoms with van der Waals surface area (Å²) in [7, 11) is -5.17. The molecule has 6 N–H and O–H groups in total. The van der Waals surface area contributed by atoms with Gasteiger partial charge >= 0.3 is 0 Å². The maximum Gasteiger partial charge on any atom is 0.128 e. The predicted molar refractivity (Wildman–Crippen MR) is 136 cm³/mol. The van der Waals surface area contributed by atoms with Crippen LogP contribution >= 0.6 is 0 Å². The molecule has 0 bridgehead atoms. The van der Waals surface area contributed by atoms with E-state index in [-0.39, 0.29) is 12.2 Å². The molecule has 2 aromatic rings. The Balaban J connectivity index is 0.000000555. The Hall–Kier alpha value is -1.85. The van der Waals surface area contributed by atoms with E-state index < -0.39 is 10.4 Å². The molecule has 0 aliphatic rings. The zero-order valence-electron chi connectivity index (χ0n) is 22.3.